The molecule has 1 saturated carbocycles. The first-order chi connectivity index (χ1) is 11.0. The minimum atomic E-state index is -1.31. The Labute approximate surface area is 142 Å². The summed E-state index contributed by atoms with van der Waals surface area (Å²) in [6.45, 7) is 9.41. The molecule has 0 aromatic rings. The molecule has 0 aromatic carbocycles. The largest absolute Gasteiger partial charge is 0.478 e. The predicted molar refractivity (Wildman–Crippen MR) is 87.9 cm³/mol. The number of fused-ring (bicyclic) bond motifs is 2. The first kappa shape index (κ1) is 17.2. The molecular weight excluding hydrogens is 308 g/mol. The van der Waals surface area contributed by atoms with Crippen LogP contribution >= 0.6 is 0 Å². The number of ether oxygens (including phenoxy) is 2. The molecule has 2 N–H and O–H groups in total. The minimum absolute atomic E-state index is 0.00285. The first-order valence-corrected chi connectivity index (χ1v) is 8.26. The van der Waals surface area contributed by atoms with Crippen molar-refractivity contribution in [2.45, 2.75) is 64.6 Å². The Hall–Kier alpha value is -1.61. The highest BCUT2D eigenvalue weighted by molar-refractivity contribution is 5.81. The number of carbonyl (C=O) groups is 1. The van der Waals surface area contributed by atoms with Crippen molar-refractivity contribution < 1.29 is 24.5 Å². The van der Waals surface area contributed by atoms with Gasteiger partial charge in [0, 0.05) is 23.0 Å². The molecule has 0 bridgehead atoms. The van der Waals surface area contributed by atoms with Crippen molar-refractivity contribution in [3.63, 3.8) is 0 Å². The lowest BCUT2D eigenvalue weighted by atomic mass is 9.73. The number of hydrogen-bond acceptors (Lipinski definition) is 4. The van der Waals surface area contributed by atoms with Gasteiger partial charge in [0.25, 0.3) is 0 Å². The number of carboxylic acids is 1. The maximum absolute atomic E-state index is 11.2. The zero-order chi connectivity index (χ0) is 17.9. The van der Waals surface area contributed by atoms with Gasteiger partial charge in [-0.2, -0.15) is 0 Å². The van der Waals surface area contributed by atoms with Crippen LogP contribution in [0.2, 0.25) is 0 Å². The summed E-state index contributed by atoms with van der Waals surface area (Å²) in [5.74, 6) is 3.90. The van der Waals surface area contributed by atoms with E-state index in [-0.39, 0.29) is 18.1 Å². The van der Waals surface area contributed by atoms with Crippen LogP contribution in [0.15, 0.2) is 23.3 Å². The van der Waals surface area contributed by atoms with Gasteiger partial charge < -0.3 is 19.7 Å². The number of aliphatic hydroxyl groups is 1. The monoisotopic (exact) mass is 332 g/mol. The van der Waals surface area contributed by atoms with Crippen LogP contribution < -0.4 is 0 Å². The normalized spacial score (nSPS) is 46.8. The molecule has 1 spiro atoms. The fraction of sp³-hybridized carbons (Fsp3) is 0.632. The van der Waals surface area contributed by atoms with E-state index in [1.54, 1.807) is 6.92 Å². The Morgan fingerprint density at radius 2 is 1.96 bits per heavy atom. The molecule has 24 heavy (non-hydrogen) atoms. The van der Waals surface area contributed by atoms with Crippen LogP contribution in [0.1, 0.15) is 41.0 Å². The Morgan fingerprint density at radius 3 is 2.50 bits per heavy atom. The van der Waals surface area contributed by atoms with E-state index in [1.807, 2.05) is 33.8 Å². The molecular formula is C19H24O5. The molecule has 0 radical (unpaired) electrons. The maximum Gasteiger partial charge on any atom is 0.329 e. The average molecular weight is 332 g/mol. The van der Waals surface area contributed by atoms with E-state index in [0.29, 0.717) is 11.1 Å². The molecule has 0 amide bonds. The van der Waals surface area contributed by atoms with Crippen LogP contribution in [0.25, 0.3) is 0 Å². The Morgan fingerprint density at radius 1 is 1.38 bits per heavy atom. The quantitative estimate of drug-likeness (QED) is 0.438. The van der Waals surface area contributed by atoms with Gasteiger partial charge in [-0.05, 0) is 45.8 Å². The first-order valence-electron chi connectivity index (χ1n) is 8.26. The number of aliphatic carboxylic acids is 1. The minimum Gasteiger partial charge on any atom is -0.478 e. The molecule has 3 rings (SSSR count). The van der Waals surface area contributed by atoms with Gasteiger partial charge in [-0.25, -0.2) is 4.79 Å². The van der Waals surface area contributed by atoms with Gasteiger partial charge in [-0.1, -0.05) is 18.8 Å². The summed E-state index contributed by atoms with van der Waals surface area (Å²) in [6.07, 6.45) is 3.64. The molecule has 1 saturated heterocycles. The highest BCUT2D eigenvalue weighted by Gasteiger charge is 2.75. The van der Waals surface area contributed by atoms with Crippen LogP contribution in [0.4, 0.5) is 0 Å². The van der Waals surface area contributed by atoms with Gasteiger partial charge in [0.15, 0.2) is 11.4 Å². The van der Waals surface area contributed by atoms with E-state index in [9.17, 15) is 9.90 Å². The van der Waals surface area contributed by atoms with E-state index in [4.69, 9.17) is 14.6 Å². The van der Waals surface area contributed by atoms with Gasteiger partial charge >= 0.3 is 5.97 Å². The molecule has 0 aromatic heterocycles. The molecule has 5 atom stereocenters. The molecule has 5 heteroatoms. The summed E-state index contributed by atoms with van der Waals surface area (Å²) in [6, 6.07) is 0. The Bertz CT molecular complexity index is 699. The summed E-state index contributed by atoms with van der Waals surface area (Å²) >= 11 is 0. The van der Waals surface area contributed by atoms with Crippen molar-refractivity contribution in [3.8, 4) is 11.8 Å². The lowest BCUT2D eigenvalue weighted by molar-refractivity contribution is -0.171. The zero-order valence-electron chi connectivity index (χ0n) is 14.7. The number of carboxylic acid groups (broad SMARTS) is 1. The number of hydrogen-bond donors (Lipinski definition) is 2. The van der Waals surface area contributed by atoms with E-state index < -0.39 is 22.8 Å². The van der Waals surface area contributed by atoms with Crippen molar-refractivity contribution >= 4 is 5.97 Å². The summed E-state index contributed by atoms with van der Waals surface area (Å²) in [5.41, 5.74) is -0.680. The standard InChI is InChI=1S/C19H24O5/c1-11(8-16(20)21)6-7-18(22)12(2)9-19(15-10-17(15,18)5)23-13(3)14(4)24-19/h8-9,13-15,22H,10H2,1-5H3,(H,20,21)/b11-8-. The summed E-state index contributed by atoms with van der Waals surface area (Å²) in [4.78, 5) is 10.7. The van der Waals surface area contributed by atoms with Crippen molar-refractivity contribution in [2.75, 3.05) is 0 Å². The van der Waals surface area contributed by atoms with Crippen molar-refractivity contribution in [2.24, 2.45) is 11.3 Å². The fourth-order valence-electron chi connectivity index (χ4n) is 3.99. The molecule has 5 unspecified atom stereocenters. The second kappa shape index (κ2) is 5.19. The SMILES string of the molecule is CC1=CC2(OC(C)C(C)O2)C2CC2(C)C1(O)C#C/C(C)=C\C(=O)O. The van der Waals surface area contributed by atoms with Gasteiger partial charge in [0.1, 0.15) is 0 Å². The van der Waals surface area contributed by atoms with Crippen molar-refractivity contribution in [1.29, 1.82) is 0 Å². The topological polar surface area (TPSA) is 76.0 Å². The van der Waals surface area contributed by atoms with Crippen molar-refractivity contribution in [1.82, 2.24) is 0 Å². The van der Waals surface area contributed by atoms with Crippen LogP contribution in [-0.4, -0.2) is 39.8 Å². The summed E-state index contributed by atoms with van der Waals surface area (Å²) < 4.78 is 12.2. The average Bonchev–Trinajstić information content (AvgIpc) is 3.10. The van der Waals surface area contributed by atoms with Crippen LogP contribution in [0.5, 0.6) is 0 Å². The molecule has 5 nitrogen and oxygen atoms in total. The fourth-order valence-corrected chi connectivity index (χ4v) is 3.99. The highest BCUT2D eigenvalue weighted by Crippen LogP contribution is 2.70. The maximum atomic E-state index is 11.2. The second-order valence-electron chi connectivity index (χ2n) is 7.49. The van der Waals surface area contributed by atoms with Gasteiger partial charge in [-0.3, -0.25) is 0 Å². The van der Waals surface area contributed by atoms with Gasteiger partial charge in [0.05, 0.1) is 12.2 Å². The number of allylic oxidation sites excluding steroid dienone is 1. The van der Waals surface area contributed by atoms with Crippen LogP contribution in [-0.2, 0) is 14.3 Å². The van der Waals surface area contributed by atoms with Crippen LogP contribution in [0.3, 0.4) is 0 Å². The summed E-state index contributed by atoms with van der Waals surface area (Å²) in [5, 5.41) is 20.0. The van der Waals surface area contributed by atoms with E-state index in [1.165, 1.54) is 0 Å². The third-order valence-electron chi connectivity index (χ3n) is 5.72. The molecule has 130 valence electrons. The molecule has 1 aliphatic heterocycles. The lowest BCUT2D eigenvalue weighted by Crippen LogP contribution is -2.49. The predicted octanol–water partition coefficient (Wildman–Crippen LogP) is 2.26. The van der Waals surface area contributed by atoms with Gasteiger partial charge in [-0.15, -0.1) is 0 Å². The number of rotatable bonds is 1. The molecule has 2 aliphatic carbocycles. The lowest BCUT2D eigenvalue weighted by Gasteiger charge is -2.41. The zero-order valence-corrected chi connectivity index (χ0v) is 14.7. The Kier molecular flexibility index (Phi) is 3.72. The second-order valence-corrected chi connectivity index (χ2v) is 7.49. The van der Waals surface area contributed by atoms with Gasteiger partial charge in [0.2, 0.25) is 0 Å². The third kappa shape index (κ3) is 2.33. The molecule has 3 aliphatic rings. The van der Waals surface area contributed by atoms with Crippen LogP contribution in [0, 0.1) is 23.2 Å². The smallest absolute Gasteiger partial charge is 0.329 e. The molecule has 2 fully saturated rings. The highest BCUT2D eigenvalue weighted by atomic mass is 16.8. The van der Waals surface area contributed by atoms with E-state index in [2.05, 4.69) is 11.8 Å². The van der Waals surface area contributed by atoms with E-state index in [0.717, 1.165) is 12.5 Å². The van der Waals surface area contributed by atoms with Crippen molar-refractivity contribution in [3.05, 3.63) is 23.3 Å². The summed E-state index contributed by atoms with van der Waals surface area (Å²) in [7, 11) is 0. The Balaban J connectivity index is 1.98. The van der Waals surface area contributed by atoms with E-state index >= 15 is 0 Å². The molecule has 1 heterocycles. The third-order valence-corrected chi connectivity index (χ3v) is 5.72.